The number of H-pyrrole nitrogens is 1. The first-order valence-electron chi connectivity index (χ1n) is 4.14. The molecule has 0 aliphatic carbocycles. The van der Waals surface area contributed by atoms with Gasteiger partial charge in [-0.1, -0.05) is 23.2 Å². The van der Waals surface area contributed by atoms with Crippen LogP contribution < -0.4 is 0 Å². The standard InChI is InChI=1S/C10H7Cl2NO2/c11-5-1-2-8(12)6(3-5)7-4-9(14)13-10(7)15/h1-4,13-15H. The van der Waals surface area contributed by atoms with Crippen LogP contribution in [0.2, 0.25) is 10.0 Å². The maximum absolute atomic E-state index is 9.48. The van der Waals surface area contributed by atoms with Gasteiger partial charge in [-0.2, -0.15) is 0 Å². The van der Waals surface area contributed by atoms with E-state index in [1.165, 1.54) is 6.07 Å². The summed E-state index contributed by atoms with van der Waals surface area (Å²) in [6.07, 6.45) is 0. The predicted octanol–water partition coefficient (Wildman–Crippen LogP) is 3.40. The fraction of sp³-hybridized carbons (Fsp3) is 0. The van der Waals surface area contributed by atoms with Gasteiger partial charge in [0.15, 0.2) is 11.8 Å². The number of rotatable bonds is 1. The Labute approximate surface area is 95.9 Å². The Balaban J connectivity index is 2.62. The highest BCUT2D eigenvalue weighted by atomic mass is 35.5. The minimum atomic E-state index is -0.142. The Morgan fingerprint density at radius 2 is 1.73 bits per heavy atom. The van der Waals surface area contributed by atoms with Crippen molar-refractivity contribution in [3.63, 3.8) is 0 Å². The van der Waals surface area contributed by atoms with Crippen LogP contribution in [0.1, 0.15) is 0 Å². The van der Waals surface area contributed by atoms with Gasteiger partial charge in [0.05, 0.1) is 0 Å². The zero-order chi connectivity index (χ0) is 11.0. The first kappa shape index (κ1) is 10.2. The van der Waals surface area contributed by atoms with E-state index < -0.39 is 0 Å². The van der Waals surface area contributed by atoms with Crippen molar-refractivity contribution in [3.8, 4) is 22.9 Å². The van der Waals surface area contributed by atoms with Crippen LogP contribution >= 0.6 is 23.2 Å². The van der Waals surface area contributed by atoms with Crippen molar-refractivity contribution in [2.24, 2.45) is 0 Å². The molecule has 0 spiro atoms. The van der Waals surface area contributed by atoms with Crippen LogP contribution in [0, 0.1) is 0 Å². The molecule has 0 saturated carbocycles. The lowest BCUT2D eigenvalue weighted by atomic mass is 10.1. The first-order valence-corrected chi connectivity index (χ1v) is 4.90. The molecule has 0 fully saturated rings. The van der Waals surface area contributed by atoms with E-state index in [1.54, 1.807) is 18.2 Å². The molecule has 2 aromatic rings. The van der Waals surface area contributed by atoms with Gasteiger partial charge >= 0.3 is 0 Å². The second-order valence-electron chi connectivity index (χ2n) is 3.04. The molecular weight excluding hydrogens is 237 g/mol. The van der Waals surface area contributed by atoms with E-state index >= 15 is 0 Å². The van der Waals surface area contributed by atoms with Gasteiger partial charge in [-0.25, -0.2) is 0 Å². The molecule has 2 rings (SSSR count). The highest BCUT2D eigenvalue weighted by molar-refractivity contribution is 6.35. The van der Waals surface area contributed by atoms with Crippen LogP contribution in [-0.2, 0) is 0 Å². The molecule has 3 nitrogen and oxygen atoms in total. The van der Waals surface area contributed by atoms with Crippen LogP contribution in [0.3, 0.4) is 0 Å². The lowest BCUT2D eigenvalue weighted by Gasteiger charge is -2.02. The Morgan fingerprint density at radius 3 is 2.33 bits per heavy atom. The molecule has 0 atom stereocenters. The topological polar surface area (TPSA) is 56.2 Å². The number of halogens is 2. The quantitative estimate of drug-likeness (QED) is 0.719. The monoisotopic (exact) mass is 243 g/mol. The second-order valence-corrected chi connectivity index (χ2v) is 3.88. The third kappa shape index (κ3) is 1.89. The summed E-state index contributed by atoms with van der Waals surface area (Å²) in [4.78, 5) is 2.36. The molecule has 0 bridgehead atoms. The number of aromatic hydroxyl groups is 2. The summed E-state index contributed by atoms with van der Waals surface area (Å²) in [6.45, 7) is 0. The number of aromatic nitrogens is 1. The molecule has 78 valence electrons. The average molecular weight is 244 g/mol. The largest absolute Gasteiger partial charge is 0.494 e. The third-order valence-electron chi connectivity index (χ3n) is 2.00. The summed E-state index contributed by atoms with van der Waals surface area (Å²) < 4.78 is 0. The molecular formula is C10H7Cl2NO2. The summed E-state index contributed by atoms with van der Waals surface area (Å²) in [5, 5.41) is 19.6. The maximum Gasteiger partial charge on any atom is 0.199 e. The van der Waals surface area contributed by atoms with Gasteiger partial charge in [0.25, 0.3) is 0 Å². The lowest BCUT2D eigenvalue weighted by molar-refractivity contribution is 0.426. The average Bonchev–Trinajstić information content (AvgIpc) is 2.50. The number of aromatic amines is 1. The Morgan fingerprint density at radius 1 is 1.00 bits per heavy atom. The van der Waals surface area contributed by atoms with E-state index in [1.807, 2.05) is 0 Å². The van der Waals surface area contributed by atoms with Crippen LogP contribution in [-0.4, -0.2) is 15.2 Å². The molecule has 0 saturated heterocycles. The number of hydrogen-bond donors (Lipinski definition) is 3. The molecule has 1 aromatic heterocycles. The van der Waals surface area contributed by atoms with Gasteiger partial charge in [-0.05, 0) is 18.2 Å². The van der Waals surface area contributed by atoms with E-state index in [-0.39, 0.29) is 11.8 Å². The van der Waals surface area contributed by atoms with Crippen LogP contribution in [0.25, 0.3) is 11.1 Å². The van der Waals surface area contributed by atoms with Gasteiger partial charge in [0.2, 0.25) is 0 Å². The summed E-state index contributed by atoms with van der Waals surface area (Å²) in [5.41, 5.74) is 0.984. The number of benzene rings is 1. The van der Waals surface area contributed by atoms with Crippen molar-refractivity contribution >= 4 is 23.2 Å². The highest BCUT2D eigenvalue weighted by Crippen LogP contribution is 2.37. The molecule has 0 amide bonds. The Bertz CT molecular complexity index is 508. The SMILES string of the molecule is Oc1cc(-c2cc(Cl)ccc2Cl)c(O)[nH]1. The van der Waals surface area contributed by atoms with Crippen LogP contribution in [0.5, 0.6) is 11.8 Å². The molecule has 3 N–H and O–H groups in total. The normalized spacial score (nSPS) is 10.5. The highest BCUT2D eigenvalue weighted by Gasteiger charge is 2.12. The van der Waals surface area contributed by atoms with Crippen molar-refractivity contribution < 1.29 is 10.2 Å². The molecule has 0 radical (unpaired) electrons. The fourth-order valence-corrected chi connectivity index (χ4v) is 1.73. The van der Waals surface area contributed by atoms with Crippen LogP contribution in [0.4, 0.5) is 0 Å². The van der Waals surface area contributed by atoms with E-state index in [0.717, 1.165) is 0 Å². The first-order chi connectivity index (χ1) is 7.08. The van der Waals surface area contributed by atoms with Gasteiger partial charge < -0.3 is 10.2 Å². The minimum absolute atomic E-state index is 0.126. The molecule has 0 aliphatic rings. The maximum atomic E-state index is 9.48. The van der Waals surface area contributed by atoms with Gasteiger partial charge in [-0.3, -0.25) is 4.98 Å². The Hall–Kier alpha value is -1.32. The summed E-state index contributed by atoms with van der Waals surface area (Å²) in [7, 11) is 0. The van der Waals surface area contributed by atoms with Gasteiger partial charge in [0.1, 0.15) is 0 Å². The van der Waals surface area contributed by atoms with Crippen LogP contribution in [0.15, 0.2) is 24.3 Å². The van der Waals surface area contributed by atoms with Gasteiger partial charge in [-0.15, -0.1) is 0 Å². The van der Waals surface area contributed by atoms with E-state index in [4.69, 9.17) is 28.3 Å². The summed E-state index contributed by atoms with van der Waals surface area (Å²) in [6, 6.07) is 6.28. The smallest absolute Gasteiger partial charge is 0.199 e. The molecule has 1 aromatic carbocycles. The number of nitrogens with one attached hydrogen (secondary N) is 1. The van der Waals surface area contributed by atoms with Crippen molar-refractivity contribution in [2.75, 3.05) is 0 Å². The molecule has 0 aliphatic heterocycles. The molecule has 5 heteroatoms. The van der Waals surface area contributed by atoms with E-state index in [9.17, 15) is 5.11 Å². The Kier molecular flexibility index (Phi) is 2.50. The predicted molar refractivity (Wildman–Crippen MR) is 59.6 cm³/mol. The third-order valence-corrected chi connectivity index (χ3v) is 2.57. The number of hydrogen-bond acceptors (Lipinski definition) is 2. The molecule has 1 heterocycles. The van der Waals surface area contributed by atoms with Crippen molar-refractivity contribution in [1.29, 1.82) is 0 Å². The van der Waals surface area contributed by atoms with Crippen molar-refractivity contribution in [1.82, 2.24) is 4.98 Å². The fourth-order valence-electron chi connectivity index (χ4n) is 1.34. The molecule has 15 heavy (non-hydrogen) atoms. The summed E-state index contributed by atoms with van der Waals surface area (Å²) in [5.74, 6) is -0.268. The summed E-state index contributed by atoms with van der Waals surface area (Å²) >= 11 is 11.8. The van der Waals surface area contributed by atoms with E-state index in [2.05, 4.69) is 4.98 Å². The molecule has 0 unspecified atom stereocenters. The van der Waals surface area contributed by atoms with Crippen molar-refractivity contribution in [2.45, 2.75) is 0 Å². The van der Waals surface area contributed by atoms with Gasteiger partial charge in [0, 0.05) is 27.2 Å². The van der Waals surface area contributed by atoms with E-state index in [0.29, 0.717) is 21.2 Å². The zero-order valence-corrected chi connectivity index (χ0v) is 8.97. The lowest BCUT2D eigenvalue weighted by Crippen LogP contribution is -1.77. The minimum Gasteiger partial charge on any atom is -0.494 e. The van der Waals surface area contributed by atoms with Crippen molar-refractivity contribution in [3.05, 3.63) is 34.3 Å². The zero-order valence-electron chi connectivity index (χ0n) is 7.46. The second kappa shape index (κ2) is 3.68.